The first kappa shape index (κ1) is 14.4. The highest BCUT2D eigenvalue weighted by Gasteiger charge is 2.32. The van der Waals surface area contributed by atoms with E-state index in [2.05, 4.69) is 15.9 Å². The van der Waals surface area contributed by atoms with E-state index in [9.17, 15) is 13.6 Å². The van der Waals surface area contributed by atoms with Crippen LogP contribution in [0.1, 0.15) is 35.2 Å². The number of rotatable bonds is 4. The lowest BCUT2D eigenvalue weighted by atomic mass is 9.91. The maximum atomic E-state index is 14.0. The number of hydrogen-bond donors (Lipinski definition) is 0. The Hall–Kier alpha value is -0.970. The normalized spacial score (nSPS) is 15.2. The number of amides is 1. The first-order chi connectivity index (χ1) is 9.06. The lowest BCUT2D eigenvalue weighted by molar-refractivity contribution is 0.0589. The number of carbonyl (C=O) groups is 1. The first-order valence-corrected chi connectivity index (χ1v) is 7.50. The van der Waals surface area contributed by atoms with Crippen LogP contribution in [0, 0.1) is 18.6 Å². The van der Waals surface area contributed by atoms with Gasteiger partial charge in [0, 0.05) is 17.9 Å². The van der Waals surface area contributed by atoms with Gasteiger partial charge >= 0.3 is 0 Å². The predicted octanol–water partition coefficient (Wildman–Crippen LogP) is 3.66. The third-order valence-corrected chi connectivity index (χ3v) is 3.95. The largest absolute Gasteiger partial charge is 0.335 e. The van der Waals surface area contributed by atoms with Gasteiger partial charge in [0.2, 0.25) is 0 Å². The molecule has 0 unspecified atom stereocenters. The van der Waals surface area contributed by atoms with E-state index in [-0.39, 0.29) is 11.6 Å². The minimum atomic E-state index is -0.785. The number of carbonyl (C=O) groups excluding carboxylic acids is 1. The summed E-state index contributed by atoms with van der Waals surface area (Å²) in [5.41, 5.74) is -0.134. The highest BCUT2D eigenvalue weighted by Crippen LogP contribution is 2.28. The van der Waals surface area contributed by atoms with Crippen LogP contribution in [0.15, 0.2) is 12.1 Å². The second-order valence-corrected chi connectivity index (χ2v) is 5.62. The molecule has 19 heavy (non-hydrogen) atoms. The third-order valence-electron chi connectivity index (χ3n) is 3.60. The molecule has 0 spiro atoms. The van der Waals surface area contributed by atoms with Gasteiger partial charge in [-0.25, -0.2) is 8.78 Å². The Labute approximate surface area is 119 Å². The van der Waals surface area contributed by atoms with Crippen molar-refractivity contribution in [2.75, 3.05) is 11.9 Å². The fraction of sp³-hybridized carbons (Fsp3) is 0.500. The average Bonchev–Trinajstić information content (AvgIpc) is 2.31. The van der Waals surface area contributed by atoms with E-state index in [1.807, 2.05) is 0 Å². The monoisotopic (exact) mass is 331 g/mol. The molecule has 2 nitrogen and oxygen atoms in total. The molecule has 1 fully saturated rings. The molecule has 0 aromatic heterocycles. The van der Waals surface area contributed by atoms with E-state index in [0.717, 1.165) is 25.3 Å². The van der Waals surface area contributed by atoms with Crippen LogP contribution in [0.5, 0.6) is 0 Å². The molecule has 1 aromatic carbocycles. The Morgan fingerprint density at radius 3 is 2.63 bits per heavy atom. The average molecular weight is 332 g/mol. The van der Waals surface area contributed by atoms with Crippen molar-refractivity contribution in [1.29, 1.82) is 0 Å². The summed E-state index contributed by atoms with van der Waals surface area (Å²) >= 11 is 3.28. The standard InChI is InChI=1S/C14H16BrF2NO/c1-9-5-6-11(16)12(13(9)17)14(19)18(8-7-15)10-3-2-4-10/h5-6,10H,2-4,7-8H2,1H3. The smallest absolute Gasteiger partial charge is 0.260 e. The molecule has 0 saturated heterocycles. The lowest BCUT2D eigenvalue weighted by Gasteiger charge is -2.37. The summed E-state index contributed by atoms with van der Waals surface area (Å²) in [5, 5.41) is 0.601. The molecule has 0 aliphatic heterocycles. The molecule has 0 heterocycles. The zero-order valence-electron chi connectivity index (χ0n) is 10.8. The zero-order valence-corrected chi connectivity index (χ0v) is 12.3. The van der Waals surface area contributed by atoms with E-state index >= 15 is 0 Å². The van der Waals surface area contributed by atoms with Crippen LogP contribution in [0.3, 0.4) is 0 Å². The van der Waals surface area contributed by atoms with Crippen molar-refractivity contribution < 1.29 is 13.6 Å². The lowest BCUT2D eigenvalue weighted by Crippen LogP contribution is -2.45. The van der Waals surface area contributed by atoms with Gasteiger partial charge in [-0.05, 0) is 37.8 Å². The second kappa shape index (κ2) is 5.99. The topological polar surface area (TPSA) is 20.3 Å². The molecule has 1 saturated carbocycles. The molecule has 0 radical (unpaired) electrons. The second-order valence-electron chi connectivity index (χ2n) is 4.83. The summed E-state index contributed by atoms with van der Waals surface area (Å²) in [4.78, 5) is 14.0. The molecular weight excluding hydrogens is 316 g/mol. The van der Waals surface area contributed by atoms with Crippen LogP contribution in [-0.4, -0.2) is 28.7 Å². The Kier molecular flexibility index (Phi) is 4.55. The molecule has 0 atom stereocenters. The Bertz CT molecular complexity index is 489. The van der Waals surface area contributed by atoms with Gasteiger partial charge in [0.05, 0.1) is 0 Å². The van der Waals surface area contributed by atoms with E-state index in [1.165, 1.54) is 13.0 Å². The molecule has 5 heteroatoms. The van der Waals surface area contributed by atoms with E-state index in [0.29, 0.717) is 11.9 Å². The van der Waals surface area contributed by atoms with Crippen molar-refractivity contribution in [2.45, 2.75) is 32.2 Å². The zero-order chi connectivity index (χ0) is 14.0. The van der Waals surface area contributed by atoms with Crippen LogP contribution in [0.4, 0.5) is 8.78 Å². The fourth-order valence-electron chi connectivity index (χ4n) is 2.24. The highest BCUT2D eigenvalue weighted by atomic mass is 79.9. The van der Waals surface area contributed by atoms with Crippen LogP contribution in [0.2, 0.25) is 0 Å². The maximum absolute atomic E-state index is 14.0. The number of nitrogens with zero attached hydrogens (tertiary/aromatic N) is 1. The van der Waals surface area contributed by atoms with E-state index in [1.54, 1.807) is 4.90 Å². The molecule has 2 rings (SSSR count). The Morgan fingerprint density at radius 2 is 2.11 bits per heavy atom. The van der Waals surface area contributed by atoms with Crippen LogP contribution >= 0.6 is 15.9 Å². The van der Waals surface area contributed by atoms with Crippen molar-refractivity contribution in [2.24, 2.45) is 0 Å². The molecule has 1 aliphatic rings. The Balaban J connectivity index is 2.33. The summed E-state index contributed by atoms with van der Waals surface area (Å²) in [7, 11) is 0. The Morgan fingerprint density at radius 1 is 1.42 bits per heavy atom. The minimum Gasteiger partial charge on any atom is -0.335 e. The van der Waals surface area contributed by atoms with Gasteiger partial charge in [-0.3, -0.25) is 4.79 Å². The minimum absolute atomic E-state index is 0.115. The van der Waals surface area contributed by atoms with Gasteiger partial charge in [-0.2, -0.15) is 0 Å². The quantitative estimate of drug-likeness (QED) is 0.771. The van der Waals surface area contributed by atoms with Crippen molar-refractivity contribution in [3.8, 4) is 0 Å². The summed E-state index contributed by atoms with van der Waals surface area (Å²) in [6.45, 7) is 2.00. The van der Waals surface area contributed by atoms with Crippen LogP contribution in [-0.2, 0) is 0 Å². The molecule has 1 aromatic rings. The first-order valence-electron chi connectivity index (χ1n) is 6.37. The molecule has 0 N–H and O–H groups in total. The summed E-state index contributed by atoms with van der Waals surface area (Å²) in [6.07, 6.45) is 2.89. The number of halogens is 3. The molecule has 1 amide bonds. The molecular formula is C14H16BrF2NO. The third kappa shape index (κ3) is 2.81. The number of alkyl halides is 1. The summed E-state index contributed by atoms with van der Waals surface area (Å²) < 4.78 is 27.8. The van der Waals surface area contributed by atoms with Crippen molar-refractivity contribution in [1.82, 2.24) is 4.90 Å². The number of aryl methyl sites for hydroxylation is 1. The number of benzene rings is 1. The molecule has 0 bridgehead atoms. The summed E-state index contributed by atoms with van der Waals surface area (Å²) in [5.74, 6) is -2.07. The fourth-order valence-corrected chi connectivity index (χ4v) is 2.62. The molecule has 104 valence electrons. The van der Waals surface area contributed by atoms with Crippen LogP contribution in [0.25, 0.3) is 0 Å². The van der Waals surface area contributed by atoms with Gasteiger partial charge in [0.1, 0.15) is 17.2 Å². The summed E-state index contributed by atoms with van der Waals surface area (Å²) in [6, 6.07) is 2.61. The highest BCUT2D eigenvalue weighted by molar-refractivity contribution is 9.09. The van der Waals surface area contributed by atoms with Crippen molar-refractivity contribution in [3.05, 3.63) is 34.9 Å². The van der Waals surface area contributed by atoms with Gasteiger partial charge in [-0.15, -0.1) is 0 Å². The van der Waals surface area contributed by atoms with Gasteiger partial charge in [0.15, 0.2) is 0 Å². The van der Waals surface area contributed by atoms with Gasteiger partial charge in [-0.1, -0.05) is 22.0 Å². The van der Waals surface area contributed by atoms with E-state index in [4.69, 9.17) is 0 Å². The molecule has 1 aliphatic carbocycles. The van der Waals surface area contributed by atoms with Gasteiger partial charge < -0.3 is 4.90 Å². The number of hydrogen-bond acceptors (Lipinski definition) is 1. The van der Waals surface area contributed by atoms with Crippen molar-refractivity contribution >= 4 is 21.8 Å². The maximum Gasteiger partial charge on any atom is 0.260 e. The van der Waals surface area contributed by atoms with Crippen molar-refractivity contribution in [3.63, 3.8) is 0 Å². The van der Waals surface area contributed by atoms with Gasteiger partial charge in [0.25, 0.3) is 5.91 Å². The van der Waals surface area contributed by atoms with E-state index < -0.39 is 23.1 Å². The SMILES string of the molecule is Cc1ccc(F)c(C(=O)N(CCBr)C2CCC2)c1F. The van der Waals surface area contributed by atoms with Crippen LogP contribution < -0.4 is 0 Å². The predicted molar refractivity (Wildman–Crippen MR) is 73.6 cm³/mol.